The molecule has 0 aliphatic rings. The van der Waals surface area contributed by atoms with Gasteiger partial charge in [0.25, 0.3) is 0 Å². The van der Waals surface area contributed by atoms with Gasteiger partial charge in [0.05, 0.1) is 6.61 Å². The summed E-state index contributed by atoms with van der Waals surface area (Å²) < 4.78 is 29.4. The van der Waals surface area contributed by atoms with Gasteiger partial charge in [0.1, 0.15) is 41.1 Å². The molecular weight excluding hydrogens is 512 g/mol. The van der Waals surface area contributed by atoms with Crippen molar-refractivity contribution in [3.05, 3.63) is 108 Å². The summed E-state index contributed by atoms with van der Waals surface area (Å²) in [5.74, 6) is 5.69. The molecule has 0 fully saturated rings. The van der Waals surface area contributed by atoms with E-state index in [9.17, 15) is 0 Å². The molecule has 41 heavy (non-hydrogen) atoms. The van der Waals surface area contributed by atoms with Gasteiger partial charge < -0.3 is 23.7 Å². The highest BCUT2D eigenvalue weighted by Crippen LogP contribution is 2.29. The van der Waals surface area contributed by atoms with E-state index in [2.05, 4.69) is 52.0 Å². The molecule has 5 heteroatoms. The van der Waals surface area contributed by atoms with E-state index < -0.39 is 0 Å². The van der Waals surface area contributed by atoms with E-state index in [4.69, 9.17) is 23.7 Å². The number of hydrogen-bond donors (Lipinski definition) is 0. The Hall–Kier alpha value is -3.96. The van der Waals surface area contributed by atoms with Crippen LogP contribution in [0.3, 0.4) is 0 Å². The highest BCUT2D eigenvalue weighted by atomic mass is 16.7. The SMILES string of the molecule is CCC(C)c1ccc(Oc2ccc(Oc3ccc(OCCOC(C)Oc4ccc(C(C)CC)cc4)cc3)cc2)cc1. The van der Waals surface area contributed by atoms with E-state index in [0.717, 1.165) is 47.3 Å². The first-order valence-corrected chi connectivity index (χ1v) is 14.6. The fourth-order valence-electron chi connectivity index (χ4n) is 4.26. The maximum atomic E-state index is 5.98. The molecule has 0 N–H and O–H groups in total. The zero-order valence-corrected chi connectivity index (χ0v) is 24.8. The van der Waals surface area contributed by atoms with Crippen molar-refractivity contribution < 1.29 is 23.7 Å². The topological polar surface area (TPSA) is 46.2 Å². The van der Waals surface area contributed by atoms with Crippen LogP contribution in [0, 0.1) is 0 Å². The van der Waals surface area contributed by atoms with Crippen molar-refractivity contribution in [3.63, 3.8) is 0 Å². The summed E-state index contributed by atoms with van der Waals surface area (Å²) in [5, 5.41) is 0. The molecule has 4 aromatic rings. The Balaban J connectivity index is 1.16. The van der Waals surface area contributed by atoms with Crippen LogP contribution in [0.25, 0.3) is 0 Å². The van der Waals surface area contributed by atoms with Gasteiger partial charge in [0.2, 0.25) is 0 Å². The predicted octanol–water partition coefficient (Wildman–Crippen LogP) is 10.1. The first kappa shape index (κ1) is 30.0. The van der Waals surface area contributed by atoms with E-state index in [1.807, 2.05) is 79.7 Å². The van der Waals surface area contributed by atoms with Gasteiger partial charge in [-0.1, -0.05) is 52.0 Å². The highest BCUT2D eigenvalue weighted by molar-refractivity contribution is 5.40. The van der Waals surface area contributed by atoms with Crippen LogP contribution >= 0.6 is 0 Å². The zero-order chi connectivity index (χ0) is 29.0. The second-order valence-electron chi connectivity index (χ2n) is 10.3. The largest absolute Gasteiger partial charge is 0.491 e. The Labute approximate surface area is 245 Å². The van der Waals surface area contributed by atoms with E-state index in [0.29, 0.717) is 25.0 Å². The average molecular weight is 555 g/mol. The fourth-order valence-corrected chi connectivity index (χ4v) is 4.26. The first-order valence-electron chi connectivity index (χ1n) is 14.6. The second kappa shape index (κ2) is 15.2. The highest BCUT2D eigenvalue weighted by Gasteiger charge is 2.08. The van der Waals surface area contributed by atoms with Gasteiger partial charge in [-0.15, -0.1) is 0 Å². The molecule has 216 valence electrons. The molecule has 3 unspecified atom stereocenters. The molecule has 0 saturated heterocycles. The van der Waals surface area contributed by atoms with Gasteiger partial charge in [-0.05, 0) is 116 Å². The molecule has 0 aliphatic heterocycles. The normalized spacial score (nSPS) is 13.2. The van der Waals surface area contributed by atoms with Crippen molar-refractivity contribution in [1.29, 1.82) is 0 Å². The van der Waals surface area contributed by atoms with Crippen molar-refractivity contribution in [2.45, 2.75) is 65.6 Å². The first-order chi connectivity index (χ1) is 19.9. The monoisotopic (exact) mass is 554 g/mol. The van der Waals surface area contributed by atoms with E-state index in [1.54, 1.807) is 0 Å². The molecule has 4 aromatic carbocycles. The smallest absolute Gasteiger partial charge is 0.197 e. The molecule has 4 rings (SSSR count). The molecule has 0 saturated carbocycles. The lowest BCUT2D eigenvalue weighted by molar-refractivity contribution is -0.0739. The third-order valence-corrected chi connectivity index (χ3v) is 7.25. The van der Waals surface area contributed by atoms with Crippen molar-refractivity contribution >= 4 is 0 Å². The molecule has 0 aromatic heterocycles. The summed E-state index contributed by atoms with van der Waals surface area (Å²) >= 11 is 0. The lowest BCUT2D eigenvalue weighted by Gasteiger charge is -2.17. The lowest BCUT2D eigenvalue weighted by atomic mass is 9.99. The molecule has 0 spiro atoms. The summed E-state index contributed by atoms with van der Waals surface area (Å²) in [6.45, 7) is 11.6. The minimum Gasteiger partial charge on any atom is -0.491 e. The summed E-state index contributed by atoms with van der Waals surface area (Å²) in [6, 6.07) is 31.7. The Bertz CT molecular complexity index is 1300. The molecule has 0 radical (unpaired) electrons. The summed E-state index contributed by atoms with van der Waals surface area (Å²) in [6.07, 6.45) is 1.88. The van der Waals surface area contributed by atoms with Crippen LogP contribution in [-0.2, 0) is 4.74 Å². The van der Waals surface area contributed by atoms with E-state index in [1.165, 1.54) is 11.1 Å². The molecule has 3 atom stereocenters. The minimum absolute atomic E-state index is 0.365. The van der Waals surface area contributed by atoms with E-state index in [-0.39, 0.29) is 6.29 Å². The number of rotatable bonds is 15. The van der Waals surface area contributed by atoms with Crippen LogP contribution in [-0.4, -0.2) is 19.5 Å². The lowest BCUT2D eigenvalue weighted by Crippen LogP contribution is -2.19. The van der Waals surface area contributed by atoms with Crippen molar-refractivity contribution in [3.8, 4) is 34.5 Å². The Morgan fingerprint density at radius 1 is 0.463 bits per heavy atom. The van der Waals surface area contributed by atoms with Crippen molar-refractivity contribution in [2.75, 3.05) is 13.2 Å². The summed E-state index contributed by atoms with van der Waals surface area (Å²) in [4.78, 5) is 0. The molecular formula is C36H42O5. The quantitative estimate of drug-likeness (QED) is 0.108. The minimum atomic E-state index is -0.365. The molecule has 5 nitrogen and oxygen atoms in total. The standard InChI is InChI=1S/C36H42O5/c1-6-26(3)29-8-12-32(13-9-29)39-28(5)37-24-25-38-31-16-18-34(19-17-31)41-36-22-20-35(21-23-36)40-33-14-10-30(11-15-33)27(4)7-2/h8-23,26-28H,6-7,24-25H2,1-5H3. The van der Waals surface area contributed by atoms with Crippen LogP contribution < -0.4 is 18.9 Å². The predicted molar refractivity (Wildman–Crippen MR) is 165 cm³/mol. The van der Waals surface area contributed by atoms with Gasteiger partial charge in [-0.25, -0.2) is 0 Å². The Morgan fingerprint density at radius 3 is 1.24 bits per heavy atom. The van der Waals surface area contributed by atoms with Crippen LogP contribution in [0.5, 0.6) is 34.5 Å². The zero-order valence-electron chi connectivity index (χ0n) is 24.8. The molecule has 0 amide bonds. The Kier molecular flexibility index (Phi) is 11.1. The average Bonchev–Trinajstić information content (AvgIpc) is 3.01. The number of hydrogen-bond acceptors (Lipinski definition) is 5. The maximum absolute atomic E-state index is 5.98. The van der Waals surface area contributed by atoms with Gasteiger partial charge in [-0.3, -0.25) is 0 Å². The molecule has 0 heterocycles. The summed E-state index contributed by atoms with van der Waals surface area (Å²) in [5.41, 5.74) is 2.65. The van der Waals surface area contributed by atoms with Gasteiger partial charge in [0.15, 0.2) is 6.29 Å². The van der Waals surface area contributed by atoms with Crippen LogP contribution in [0.1, 0.15) is 70.4 Å². The third-order valence-electron chi connectivity index (χ3n) is 7.25. The summed E-state index contributed by atoms with van der Waals surface area (Å²) in [7, 11) is 0. The van der Waals surface area contributed by atoms with Gasteiger partial charge >= 0.3 is 0 Å². The molecule has 0 bridgehead atoms. The van der Waals surface area contributed by atoms with Crippen LogP contribution in [0.4, 0.5) is 0 Å². The van der Waals surface area contributed by atoms with Crippen molar-refractivity contribution in [2.24, 2.45) is 0 Å². The second-order valence-corrected chi connectivity index (χ2v) is 10.3. The Morgan fingerprint density at radius 2 is 0.829 bits per heavy atom. The maximum Gasteiger partial charge on any atom is 0.197 e. The van der Waals surface area contributed by atoms with Gasteiger partial charge in [0, 0.05) is 0 Å². The number of benzene rings is 4. The van der Waals surface area contributed by atoms with Gasteiger partial charge in [-0.2, -0.15) is 0 Å². The van der Waals surface area contributed by atoms with Crippen LogP contribution in [0.2, 0.25) is 0 Å². The van der Waals surface area contributed by atoms with E-state index >= 15 is 0 Å². The third kappa shape index (κ3) is 9.29. The van der Waals surface area contributed by atoms with Crippen LogP contribution in [0.15, 0.2) is 97.1 Å². The van der Waals surface area contributed by atoms with Crippen molar-refractivity contribution in [1.82, 2.24) is 0 Å². The number of ether oxygens (including phenoxy) is 5. The molecule has 0 aliphatic carbocycles. The fraction of sp³-hybridized carbons (Fsp3) is 0.333.